The van der Waals surface area contributed by atoms with Crippen molar-refractivity contribution < 1.29 is 30.7 Å². The minimum Gasteiger partial charge on any atom is -0.319 e. The number of ether oxygens (including phenoxy) is 1. The van der Waals surface area contributed by atoms with Gasteiger partial charge in [0.05, 0.1) is 4.90 Å². The second-order valence-electron chi connectivity index (χ2n) is 3.26. The van der Waals surface area contributed by atoms with Gasteiger partial charge in [-0.1, -0.05) is 12.1 Å². The van der Waals surface area contributed by atoms with E-state index in [1.54, 1.807) is 0 Å². The van der Waals surface area contributed by atoms with Crippen molar-refractivity contribution >= 4 is 19.7 Å². The molecule has 0 saturated heterocycles. The molecule has 0 heterocycles. The third-order valence-corrected chi connectivity index (χ3v) is 3.49. The molecule has 0 spiro atoms. The highest BCUT2D eigenvalue weighted by Crippen LogP contribution is 2.43. The van der Waals surface area contributed by atoms with E-state index in [0.717, 1.165) is 0 Å². The number of halogens is 5. The van der Waals surface area contributed by atoms with Crippen LogP contribution >= 0.6 is 10.7 Å². The summed E-state index contributed by atoms with van der Waals surface area (Å²) in [6.07, 6.45) is -4.70. The van der Waals surface area contributed by atoms with Crippen LogP contribution in [0.1, 0.15) is 5.56 Å². The molecule has 3 nitrogen and oxygen atoms in total. The smallest absolute Gasteiger partial charge is 0.319 e. The second-order valence-corrected chi connectivity index (χ2v) is 5.82. The quantitative estimate of drug-likeness (QED) is 0.634. The molecule has 1 aromatic carbocycles. The lowest BCUT2D eigenvalue weighted by molar-refractivity contribution is -0.344. The normalized spacial score (nSPS) is 13.7. The molecule has 18 heavy (non-hydrogen) atoms. The summed E-state index contributed by atoms with van der Waals surface area (Å²) in [5, 5.41) is 0. The first kappa shape index (κ1) is 15.2. The van der Waals surface area contributed by atoms with Crippen LogP contribution in [-0.4, -0.2) is 21.6 Å². The van der Waals surface area contributed by atoms with Crippen molar-refractivity contribution in [3.8, 4) is 0 Å². The molecular weight excluding hydrogens is 300 g/mol. The van der Waals surface area contributed by atoms with Crippen LogP contribution in [0.2, 0.25) is 0 Å². The maximum Gasteiger partial charge on any atom is 0.423 e. The first-order chi connectivity index (χ1) is 8.02. The molecule has 0 bridgehead atoms. The van der Waals surface area contributed by atoms with E-state index >= 15 is 0 Å². The van der Waals surface area contributed by atoms with E-state index in [1.807, 2.05) is 0 Å². The molecule has 0 aliphatic heterocycles. The van der Waals surface area contributed by atoms with Gasteiger partial charge >= 0.3 is 12.0 Å². The molecular formula is C9H7ClF4O3S. The standard InChI is InChI=1S/C9H7ClF4O3S/c1-17-9(13,14)8(11,12)6-2-4-7(5-3-6)18(10,15)16/h2-5H,1H3. The molecule has 102 valence electrons. The summed E-state index contributed by atoms with van der Waals surface area (Å²) in [7, 11) is 1.29. The van der Waals surface area contributed by atoms with Gasteiger partial charge in [-0.05, 0) is 12.1 Å². The van der Waals surface area contributed by atoms with Crippen LogP contribution < -0.4 is 0 Å². The zero-order valence-electron chi connectivity index (χ0n) is 8.83. The Labute approximate surface area is 105 Å². The van der Waals surface area contributed by atoms with Crippen molar-refractivity contribution in [2.45, 2.75) is 16.9 Å². The summed E-state index contributed by atoms with van der Waals surface area (Å²) in [5.41, 5.74) is -1.08. The average molecular weight is 307 g/mol. The van der Waals surface area contributed by atoms with Gasteiger partial charge in [0.15, 0.2) is 0 Å². The molecule has 9 heteroatoms. The maximum atomic E-state index is 13.3. The first-order valence-corrected chi connectivity index (χ1v) is 6.69. The fourth-order valence-electron chi connectivity index (χ4n) is 1.12. The van der Waals surface area contributed by atoms with Gasteiger partial charge in [-0.2, -0.15) is 17.6 Å². The number of rotatable bonds is 4. The summed E-state index contributed by atoms with van der Waals surface area (Å²) in [6.45, 7) is 0. The largest absolute Gasteiger partial charge is 0.423 e. The van der Waals surface area contributed by atoms with Crippen molar-refractivity contribution in [3.05, 3.63) is 29.8 Å². The molecule has 0 aromatic heterocycles. The fourth-order valence-corrected chi connectivity index (χ4v) is 1.89. The Hall–Kier alpha value is -0.860. The van der Waals surface area contributed by atoms with Crippen LogP contribution in [0, 0.1) is 0 Å². The van der Waals surface area contributed by atoms with Gasteiger partial charge < -0.3 is 4.74 Å². The zero-order valence-corrected chi connectivity index (χ0v) is 10.4. The van der Waals surface area contributed by atoms with Crippen LogP contribution in [0.4, 0.5) is 17.6 Å². The third-order valence-electron chi connectivity index (χ3n) is 2.12. The Balaban J connectivity index is 3.21. The summed E-state index contributed by atoms with van der Waals surface area (Å²) in [5.74, 6) is -4.59. The number of methoxy groups -OCH3 is 1. The number of hydrogen-bond acceptors (Lipinski definition) is 3. The van der Waals surface area contributed by atoms with E-state index in [4.69, 9.17) is 10.7 Å². The summed E-state index contributed by atoms with van der Waals surface area (Å²) < 4.78 is 77.4. The molecule has 0 saturated carbocycles. The summed E-state index contributed by atoms with van der Waals surface area (Å²) in [4.78, 5) is -0.468. The second kappa shape index (κ2) is 4.67. The Morgan fingerprint density at radius 2 is 1.56 bits per heavy atom. The monoisotopic (exact) mass is 306 g/mol. The van der Waals surface area contributed by atoms with Crippen molar-refractivity contribution in [2.75, 3.05) is 7.11 Å². The minimum absolute atomic E-state index is 0.436. The first-order valence-electron chi connectivity index (χ1n) is 4.38. The predicted molar refractivity (Wildman–Crippen MR) is 55.3 cm³/mol. The summed E-state index contributed by atoms with van der Waals surface area (Å²) >= 11 is 0. The van der Waals surface area contributed by atoms with Gasteiger partial charge in [-0.25, -0.2) is 8.42 Å². The lowest BCUT2D eigenvalue weighted by Crippen LogP contribution is -2.39. The van der Waals surface area contributed by atoms with E-state index < -0.39 is 31.5 Å². The van der Waals surface area contributed by atoms with E-state index in [0.29, 0.717) is 31.4 Å². The molecule has 0 unspecified atom stereocenters. The minimum atomic E-state index is -4.70. The average Bonchev–Trinajstić information content (AvgIpc) is 2.27. The van der Waals surface area contributed by atoms with Crippen molar-refractivity contribution in [1.29, 1.82) is 0 Å². The number of hydrogen-bond donors (Lipinski definition) is 0. The molecule has 0 atom stereocenters. The molecule has 0 fully saturated rings. The van der Waals surface area contributed by atoms with Crippen LogP contribution in [0.25, 0.3) is 0 Å². The Kier molecular flexibility index (Phi) is 3.94. The highest BCUT2D eigenvalue weighted by molar-refractivity contribution is 8.13. The topological polar surface area (TPSA) is 43.4 Å². The van der Waals surface area contributed by atoms with Crippen molar-refractivity contribution in [2.24, 2.45) is 0 Å². The van der Waals surface area contributed by atoms with Crippen LogP contribution in [-0.2, 0) is 19.7 Å². The lowest BCUT2D eigenvalue weighted by atomic mass is 10.1. The van der Waals surface area contributed by atoms with Crippen LogP contribution in [0.3, 0.4) is 0 Å². The van der Waals surface area contributed by atoms with Gasteiger partial charge in [0.2, 0.25) is 0 Å². The molecule has 1 rings (SSSR count). The molecule has 0 amide bonds. The SMILES string of the molecule is COC(F)(F)C(F)(F)c1ccc(S(=O)(=O)Cl)cc1. The molecule has 0 N–H and O–H groups in total. The predicted octanol–water partition coefficient (Wildman–Crippen LogP) is 2.95. The van der Waals surface area contributed by atoms with Gasteiger partial charge in [-0.3, -0.25) is 0 Å². The molecule has 0 radical (unpaired) electrons. The van der Waals surface area contributed by atoms with Gasteiger partial charge in [-0.15, -0.1) is 0 Å². The van der Waals surface area contributed by atoms with Gasteiger partial charge in [0.1, 0.15) is 0 Å². The van der Waals surface area contributed by atoms with E-state index in [9.17, 15) is 26.0 Å². The van der Waals surface area contributed by atoms with Crippen molar-refractivity contribution in [1.82, 2.24) is 0 Å². The van der Waals surface area contributed by atoms with E-state index in [2.05, 4.69) is 4.74 Å². The highest BCUT2D eigenvalue weighted by atomic mass is 35.7. The van der Waals surface area contributed by atoms with Crippen molar-refractivity contribution in [3.63, 3.8) is 0 Å². The molecule has 1 aromatic rings. The van der Waals surface area contributed by atoms with Gasteiger partial charge in [0, 0.05) is 23.4 Å². The Bertz CT molecular complexity index is 527. The Morgan fingerprint density at radius 3 is 1.89 bits per heavy atom. The van der Waals surface area contributed by atoms with Gasteiger partial charge in [0.25, 0.3) is 9.05 Å². The number of alkyl halides is 4. The van der Waals surface area contributed by atoms with E-state index in [1.165, 1.54) is 0 Å². The Morgan fingerprint density at radius 1 is 1.11 bits per heavy atom. The molecule has 0 aliphatic rings. The molecule has 0 aliphatic carbocycles. The third kappa shape index (κ3) is 2.76. The van der Waals surface area contributed by atoms with Crippen LogP contribution in [0.5, 0.6) is 0 Å². The number of benzene rings is 1. The summed E-state index contributed by atoms with van der Waals surface area (Å²) in [6, 6.07) is 2.50. The van der Waals surface area contributed by atoms with Crippen LogP contribution in [0.15, 0.2) is 29.2 Å². The van der Waals surface area contributed by atoms with E-state index in [-0.39, 0.29) is 0 Å². The fraction of sp³-hybridized carbons (Fsp3) is 0.333. The maximum absolute atomic E-state index is 13.3. The zero-order chi connectivity index (χ0) is 14.2. The lowest BCUT2D eigenvalue weighted by Gasteiger charge is -2.24. The highest BCUT2D eigenvalue weighted by Gasteiger charge is 2.58.